The van der Waals surface area contributed by atoms with Crippen LogP contribution in [0.25, 0.3) is 22.4 Å². The average Bonchev–Trinajstić information content (AvgIpc) is 2.83. The van der Waals surface area contributed by atoms with Gasteiger partial charge in [0.2, 0.25) is 10.0 Å². The van der Waals surface area contributed by atoms with Crippen molar-refractivity contribution in [3.05, 3.63) is 47.7 Å². The second-order valence-electron chi connectivity index (χ2n) is 8.99. The van der Waals surface area contributed by atoms with Gasteiger partial charge in [-0.15, -0.1) is 0 Å². The van der Waals surface area contributed by atoms with E-state index in [9.17, 15) is 8.42 Å². The number of aryl methyl sites for hydroxylation is 1. The Morgan fingerprint density at radius 3 is 2.47 bits per heavy atom. The van der Waals surface area contributed by atoms with E-state index in [2.05, 4.69) is 34.9 Å². The van der Waals surface area contributed by atoms with Gasteiger partial charge in [0.05, 0.1) is 25.0 Å². The zero-order chi connectivity index (χ0) is 23.7. The monoisotopic (exact) mass is 482 g/mol. The van der Waals surface area contributed by atoms with E-state index in [1.807, 2.05) is 18.3 Å². The predicted molar refractivity (Wildman–Crippen MR) is 132 cm³/mol. The molecule has 0 radical (unpaired) electrons. The first-order valence-corrected chi connectivity index (χ1v) is 13.5. The summed E-state index contributed by atoms with van der Waals surface area (Å²) in [5.74, 6) is 1.54. The van der Waals surface area contributed by atoms with Crippen molar-refractivity contribution in [2.75, 3.05) is 63.6 Å². The Bertz CT molecular complexity index is 1290. The molecule has 5 rings (SSSR count). The van der Waals surface area contributed by atoms with Crippen molar-refractivity contribution in [2.45, 2.75) is 13.5 Å². The summed E-state index contributed by atoms with van der Waals surface area (Å²) in [7, 11) is -3.14. The van der Waals surface area contributed by atoms with Crippen molar-refractivity contribution in [3.8, 4) is 11.4 Å². The van der Waals surface area contributed by atoms with E-state index in [4.69, 9.17) is 19.7 Å². The molecule has 0 saturated carbocycles. The van der Waals surface area contributed by atoms with Crippen LogP contribution in [0.2, 0.25) is 0 Å². The second kappa shape index (κ2) is 9.53. The SMILES string of the molecule is Cc1cccc(-c2nc(N3CCOCC3)c3ncc(CN4CCN(S(C)(=O)=O)CC4)cc3n2)c1. The summed E-state index contributed by atoms with van der Waals surface area (Å²) in [6.45, 7) is 8.08. The van der Waals surface area contributed by atoms with Crippen LogP contribution in [0.4, 0.5) is 5.82 Å². The minimum atomic E-state index is -3.14. The maximum atomic E-state index is 11.8. The molecule has 0 spiro atoms. The molecule has 10 heteroatoms. The molecule has 3 aromatic rings. The van der Waals surface area contributed by atoms with Crippen LogP contribution < -0.4 is 4.90 Å². The lowest BCUT2D eigenvalue weighted by atomic mass is 10.1. The molecule has 2 aliphatic heterocycles. The van der Waals surface area contributed by atoms with Crippen molar-refractivity contribution >= 4 is 26.9 Å². The first-order chi connectivity index (χ1) is 16.4. The van der Waals surface area contributed by atoms with Gasteiger partial charge in [-0.25, -0.2) is 18.4 Å². The van der Waals surface area contributed by atoms with Gasteiger partial charge in [0.25, 0.3) is 0 Å². The van der Waals surface area contributed by atoms with Gasteiger partial charge in [0.15, 0.2) is 11.6 Å². The summed E-state index contributed by atoms with van der Waals surface area (Å²) >= 11 is 0. The minimum Gasteiger partial charge on any atom is -0.378 e. The molecule has 2 aromatic heterocycles. The Morgan fingerprint density at radius 2 is 1.76 bits per heavy atom. The highest BCUT2D eigenvalue weighted by atomic mass is 32.2. The molecular weight excluding hydrogens is 452 g/mol. The third-order valence-electron chi connectivity index (χ3n) is 6.37. The topological polar surface area (TPSA) is 91.8 Å². The minimum absolute atomic E-state index is 0.515. The van der Waals surface area contributed by atoms with Crippen LogP contribution in [0, 0.1) is 6.92 Å². The zero-order valence-corrected chi connectivity index (χ0v) is 20.5. The highest BCUT2D eigenvalue weighted by Gasteiger charge is 2.24. The number of hydrogen-bond donors (Lipinski definition) is 0. The first kappa shape index (κ1) is 23.1. The molecular formula is C24H30N6O3S. The van der Waals surface area contributed by atoms with E-state index in [0.717, 1.165) is 46.6 Å². The van der Waals surface area contributed by atoms with Gasteiger partial charge in [-0.2, -0.15) is 4.31 Å². The Morgan fingerprint density at radius 1 is 1.00 bits per heavy atom. The zero-order valence-electron chi connectivity index (χ0n) is 19.6. The molecule has 180 valence electrons. The summed E-state index contributed by atoms with van der Waals surface area (Å²) < 4.78 is 30.7. The van der Waals surface area contributed by atoms with Crippen LogP contribution in [0.15, 0.2) is 36.5 Å². The van der Waals surface area contributed by atoms with Crippen molar-refractivity contribution in [2.24, 2.45) is 0 Å². The Labute approximate surface area is 200 Å². The van der Waals surface area contributed by atoms with E-state index in [1.165, 1.54) is 10.6 Å². The lowest BCUT2D eigenvalue weighted by Gasteiger charge is -2.33. The van der Waals surface area contributed by atoms with Gasteiger partial charge in [0.1, 0.15) is 5.52 Å². The number of ether oxygens (including phenoxy) is 1. The van der Waals surface area contributed by atoms with Gasteiger partial charge < -0.3 is 9.64 Å². The summed E-state index contributed by atoms with van der Waals surface area (Å²) in [4.78, 5) is 19.1. The predicted octanol–water partition coefficient (Wildman–Crippen LogP) is 1.91. The van der Waals surface area contributed by atoms with Crippen molar-refractivity contribution in [1.82, 2.24) is 24.2 Å². The normalized spacial score (nSPS) is 18.5. The summed E-state index contributed by atoms with van der Waals surface area (Å²) in [6, 6.07) is 10.3. The van der Waals surface area contributed by atoms with Crippen LogP contribution in [0.5, 0.6) is 0 Å². The molecule has 2 aliphatic rings. The van der Waals surface area contributed by atoms with E-state index in [1.54, 1.807) is 0 Å². The summed E-state index contributed by atoms with van der Waals surface area (Å²) in [6.07, 6.45) is 3.17. The van der Waals surface area contributed by atoms with E-state index in [0.29, 0.717) is 51.8 Å². The van der Waals surface area contributed by atoms with Crippen LogP contribution >= 0.6 is 0 Å². The van der Waals surface area contributed by atoms with Gasteiger partial charge >= 0.3 is 0 Å². The molecule has 0 N–H and O–H groups in total. The molecule has 34 heavy (non-hydrogen) atoms. The van der Waals surface area contributed by atoms with Crippen LogP contribution in [-0.4, -0.2) is 91.3 Å². The quantitative estimate of drug-likeness (QED) is 0.545. The number of sulfonamides is 1. The summed E-state index contributed by atoms with van der Waals surface area (Å²) in [5.41, 5.74) is 4.82. The number of pyridine rings is 1. The van der Waals surface area contributed by atoms with Gasteiger partial charge in [-0.1, -0.05) is 23.8 Å². The number of hydrogen-bond acceptors (Lipinski definition) is 8. The smallest absolute Gasteiger partial charge is 0.211 e. The number of piperazine rings is 1. The number of anilines is 1. The average molecular weight is 483 g/mol. The molecule has 9 nitrogen and oxygen atoms in total. The maximum Gasteiger partial charge on any atom is 0.211 e. The van der Waals surface area contributed by atoms with E-state index >= 15 is 0 Å². The first-order valence-electron chi connectivity index (χ1n) is 11.6. The Kier molecular flexibility index (Phi) is 6.48. The fourth-order valence-corrected chi connectivity index (χ4v) is 5.34. The lowest BCUT2D eigenvalue weighted by Crippen LogP contribution is -2.47. The fraction of sp³-hybridized carbons (Fsp3) is 0.458. The number of morpholine rings is 1. The van der Waals surface area contributed by atoms with Gasteiger partial charge in [0, 0.05) is 57.6 Å². The molecule has 0 bridgehead atoms. The number of benzene rings is 1. The molecule has 0 aliphatic carbocycles. The Balaban J connectivity index is 1.47. The second-order valence-corrected chi connectivity index (χ2v) is 11.0. The number of aromatic nitrogens is 3. The van der Waals surface area contributed by atoms with Gasteiger partial charge in [-0.3, -0.25) is 9.88 Å². The van der Waals surface area contributed by atoms with Crippen LogP contribution in [-0.2, 0) is 21.3 Å². The molecule has 2 fully saturated rings. The van der Waals surface area contributed by atoms with Crippen molar-refractivity contribution in [1.29, 1.82) is 0 Å². The largest absolute Gasteiger partial charge is 0.378 e. The third kappa shape index (κ3) is 5.05. The summed E-state index contributed by atoms with van der Waals surface area (Å²) in [5, 5.41) is 0. The Hall–Kier alpha value is -2.66. The molecule has 4 heterocycles. The van der Waals surface area contributed by atoms with E-state index in [-0.39, 0.29) is 0 Å². The lowest BCUT2D eigenvalue weighted by molar-refractivity contribution is 0.122. The molecule has 0 amide bonds. The number of fused-ring (bicyclic) bond motifs is 1. The third-order valence-corrected chi connectivity index (χ3v) is 7.67. The molecule has 0 unspecified atom stereocenters. The van der Waals surface area contributed by atoms with Crippen LogP contribution in [0.1, 0.15) is 11.1 Å². The highest BCUT2D eigenvalue weighted by Crippen LogP contribution is 2.28. The molecule has 1 aromatic carbocycles. The van der Waals surface area contributed by atoms with Crippen molar-refractivity contribution < 1.29 is 13.2 Å². The molecule has 0 atom stereocenters. The fourth-order valence-electron chi connectivity index (χ4n) is 4.52. The van der Waals surface area contributed by atoms with E-state index < -0.39 is 10.0 Å². The maximum absolute atomic E-state index is 11.8. The molecule has 2 saturated heterocycles. The van der Waals surface area contributed by atoms with Crippen molar-refractivity contribution in [3.63, 3.8) is 0 Å². The highest BCUT2D eigenvalue weighted by molar-refractivity contribution is 7.88. The van der Waals surface area contributed by atoms with Crippen LogP contribution in [0.3, 0.4) is 0 Å². The van der Waals surface area contributed by atoms with Gasteiger partial charge in [-0.05, 0) is 24.6 Å². The number of nitrogens with zero attached hydrogens (tertiary/aromatic N) is 6. The standard InChI is InChI=1S/C24H30N6O3S/c1-18-4-3-5-20(14-18)23-26-21-15-19(17-28-6-8-30(9-7-28)34(2,31)32)16-25-22(21)24(27-23)29-10-12-33-13-11-29/h3-5,14-16H,6-13,17H2,1-2H3. The number of rotatable bonds is 5.